The van der Waals surface area contributed by atoms with Crippen LogP contribution < -0.4 is 60.9 Å². The van der Waals surface area contributed by atoms with Gasteiger partial charge in [-0.05, 0) is 0 Å². The second-order valence-corrected chi connectivity index (χ2v) is 8.72. The normalized spacial score (nSPS) is 9.85. The van der Waals surface area contributed by atoms with Crippen molar-refractivity contribution < 1.29 is 75.6 Å². The standard InChI is InChI=1S/C8H10N2O4.C3H9OSi.K/c1-13-2-3-14-7-5-9-6(4-10-7)8(11)12;1-5(2,3)4;/h4-5H,2-3H2,1H3,(H,11,12);1-3H3;/q;-1;+1. The molecule has 7 nitrogen and oxygen atoms in total. The van der Waals surface area contributed by atoms with Gasteiger partial charge in [0.25, 0.3) is 0 Å². The summed E-state index contributed by atoms with van der Waals surface area (Å²) in [7, 11) is -0.303. The molecular weight excluding hydrogens is 307 g/mol. The zero-order chi connectivity index (χ0) is 14.9. The van der Waals surface area contributed by atoms with Crippen molar-refractivity contribution in [2.45, 2.75) is 19.6 Å². The molecular formula is C11H19KN2O5Si. The number of carbonyl (C=O) groups is 1. The van der Waals surface area contributed by atoms with E-state index in [9.17, 15) is 9.59 Å². The monoisotopic (exact) mass is 326 g/mol. The van der Waals surface area contributed by atoms with Crippen LogP contribution in [0.4, 0.5) is 0 Å². The summed E-state index contributed by atoms with van der Waals surface area (Å²) in [6.07, 6.45) is 2.41. The first-order valence-electron chi connectivity index (χ1n) is 5.61. The summed E-state index contributed by atoms with van der Waals surface area (Å²) >= 11 is 0. The van der Waals surface area contributed by atoms with Gasteiger partial charge >= 0.3 is 57.4 Å². The number of rotatable bonds is 5. The van der Waals surface area contributed by atoms with E-state index in [0.29, 0.717) is 13.2 Å². The Kier molecular flexibility index (Phi) is 13.2. The van der Waals surface area contributed by atoms with Crippen LogP contribution in [0.25, 0.3) is 0 Å². The van der Waals surface area contributed by atoms with Crippen LogP contribution in [0.15, 0.2) is 12.4 Å². The van der Waals surface area contributed by atoms with E-state index < -0.39 is 14.3 Å². The fourth-order valence-electron chi connectivity index (χ4n) is 0.731. The molecule has 0 radical (unpaired) electrons. The first-order valence-corrected chi connectivity index (χ1v) is 9.02. The van der Waals surface area contributed by atoms with E-state index >= 15 is 0 Å². The predicted molar refractivity (Wildman–Crippen MR) is 69.7 cm³/mol. The van der Waals surface area contributed by atoms with Gasteiger partial charge in [0.2, 0.25) is 5.88 Å². The van der Waals surface area contributed by atoms with Crippen LogP contribution >= 0.6 is 0 Å². The quantitative estimate of drug-likeness (QED) is 0.467. The van der Waals surface area contributed by atoms with Crippen molar-refractivity contribution in [2.75, 3.05) is 20.3 Å². The molecule has 0 saturated heterocycles. The molecule has 0 saturated carbocycles. The van der Waals surface area contributed by atoms with E-state index in [2.05, 4.69) is 9.97 Å². The van der Waals surface area contributed by atoms with Gasteiger partial charge in [0, 0.05) is 7.11 Å². The third-order valence-electron chi connectivity index (χ3n) is 1.38. The molecule has 0 fully saturated rings. The molecule has 20 heavy (non-hydrogen) atoms. The fourth-order valence-corrected chi connectivity index (χ4v) is 0.731. The maximum Gasteiger partial charge on any atom is 1.00 e. The average Bonchev–Trinajstić information content (AvgIpc) is 2.28. The molecule has 0 unspecified atom stereocenters. The molecule has 0 aromatic carbocycles. The summed E-state index contributed by atoms with van der Waals surface area (Å²) in [5.74, 6) is -0.826. The number of hydrogen-bond acceptors (Lipinski definition) is 6. The molecule has 0 aliphatic heterocycles. The first kappa shape index (κ1) is 22.4. The number of aromatic nitrogens is 2. The number of ether oxygens (including phenoxy) is 2. The van der Waals surface area contributed by atoms with E-state index in [1.807, 2.05) is 0 Å². The van der Waals surface area contributed by atoms with Gasteiger partial charge in [-0.2, -0.15) is 0 Å². The molecule has 1 aromatic heterocycles. The third kappa shape index (κ3) is 14.5. The SMILES string of the molecule is COCCOc1cnc(C(=O)O)cn1.C[Si](C)(C)[O-].[K+]. The molecule has 108 valence electrons. The zero-order valence-electron chi connectivity index (χ0n) is 12.5. The van der Waals surface area contributed by atoms with Gasteiger partial charge in [-0.1, -0.05) is 28.0 Å². The maximum absolute atomic E-state index is 10.4. The smallest absolute Gasteiger partial charge is 0.859 e. The number of nitrogens with zero attached hydrogens (tertiary/aromatic N) is 2. The number of carboxylic acid groups (broad SMARTS) is 1. The van der Waals surface area contributed by atoms with Gasteiger partial charge in [-0.25, -0.2) is 14.8 Å². The minimum Gasteiger partial charge on any atom is -0.859 e. The van der Waals surface area contributed by atoms with Gasteiger partial charge in [0.15, 0.2) is 5.69 Å². The molecule has 9 heteroatoms. The minimum absolute atomic E-state index is 0. The summed E-state index contributed by atoms with van der Waals surface area (Å²) in [5, 5.41) is 8.53. The van der Waals surface area contributed by atoms with Crippen LogP contribution in [-0.2, 0) is 4.74 Å². The molecule has 0 atom stereocenters. The predicted octanol–water partition coefficient (Wildman–Crippen LogP) is -2.61. The Hall–Kier alpha value is 0.123. The fraction of sp³-hybridized carbons (Fsp3) is 0.545. The van der Waals surface area contributed by atoms with Crippen LogP contribution in [0.3, 0.4) is 0 Å². The Morgan fingerprint density at radius 3 is 2.20 bits per heavy atom. The van der Waals surface area contributed by atoms with Gasteiger partial charge in [0.05, 0.1) is 19.0 Å². The van der Waals surface area contributed by atoms with E-state index in [1.54, 1.807) is 26.8 Å². The van der Waals surface area contributed by atoms with Crippen molar-refractivity contribution in [2.24, 2.45) is 0 Å². The van der Waals surface area contributed by atoms with E-state index in [4.69, 9.17) is 14.6 Å². The summed E-state index contributed by atoms with van der Waals surface area (Å²) in [6, 6.07) is 0. The summed E-state index contributed by atoms with van der Waals surface area (Å²) < 4.78 is 9.85. The number of hydrogen-bond donors (Lipinski definition) is 1. The number of methoxy groups -OCH3 is 1. The number of aromatic carboxylic acids is 1. The molecule has 1 heterocycles. The Labute approximate surface area is 162 Å². The molecule has 0 bridgehead atoms. The molecule has 0 aliphatic rings. The van der Waals surface area contributed by atoms with Gasteiger partial charge < -0.3 is 19.4 Å². The Balaban J connectivity index is 0. The largest absolute Gasteiger partial charge is 1.00 e. The molecule has 0 aliphatic carbocycles. The van der Waals surface area contributed by atoms with Crippen LogP contribution in [0, 0.1) is 0 Å². The Morgan fingerprint density at radius 1 is 1.30 bits per heavy atom. The van der Waals surface area contributed by atoms with Crippen LogP contribution in [-0.4, -0.2) is 49.7 Å². The number of carboxylic acids is 1. The van der Waals surface area contributed by atoms with Crippen molar-refractivity contribution in [3.63, 3.8) is 0 Å². The second kappa shape index (κ2) is 11.7. The minimum atomic E-state index is -1.86. The third-order valence-corrected chi connectivity index (χ3v) is 1.38. The Bertz CT molecular complexity index is 377. The van der Waals surface area contributed by atoms with E-state index in [0.717, 1.165) is 6.20 Å². The molecule has 1 N–H and O–H groups in total. The van der Waals surface area contributed by atoms with Crippen LogP contribution in [0.5, 0.6) is 5.88 Å². The molecule has 0 amide bonds. The van der Waals surface area contributed by atoms with Gasteiger partial charge in [-0.15, -0.1) is 0 Å². The summed E-state index contributed by atoms with van der Waals surface area (Å²) in [6.45, 7) is 6.12. The van der Waals surface area contributed by atoms with Crippen molar-refractivity contribution in [3.8, 4) is 5.88 Å². The Morgan fingerprint density at radius 2 is 1.85 bits per heavy atom. The van der Waals surface area contributed by atoms with Crippen molar-refractivity contribution in [3.05, 3.63) is 18.1 Å². The maximum atomic E-state index is 10.4. The molecule has 0 spiro atoms. The first-order chi connectivity index (χ1) is 8.74. The molecule has 1 rings (SSSR count). The van der Waals surface area contributed by atoms with Gasteiger partial charge in [0.1, 0.15) is 6.61 Å². The summed E-state index contributed by atoms with van der Waals surface area (Å²) in [5.41, 5.74) is -0.107. The van der Waals surface area contributed by atoms with Crippen molar-refractivity contribution >= 4 is 14.3 Å². The van der Waals surface area contributed by atoms with Crippen molar-refractivity contribution in [1.82, 2.24) is 9.97 Å². The van der Waals surface area contributed by atoms with E-state index in [1.165, 1.54) is 6.20 Å². The average molecular weight is 326 g/mol. The zero-order valence-corrected chi connectivity index (χ0v) is 16.7. The van der Waals surface area contributed by atoms with E-state index in [-0.39, 0.29) is 63.0 Å². The van der Waals surface area contributed by atoms with Crippen LogP contribution in [0.2, 0.25) is 19.6 Å². The second-order valence-electron chi connectivity index (χ2n) is 4.50. The topological polar surface area (TPSA) is 105 Å². The van der Waals surface area contributed by atoms with Crippen molar-refractivity contribution in [1.29, 1.82) is 0 Å². The molecule has 1 aromatic rings. The summed E-state index contributed by atoms with van der Waals surface area (Å²) in [4.78, 5) is 28.0. The van der Waals surface area contributed by atoms with Gasteiger partial charge in [-0.3, -0.25) is 0 Å². The van der Waals surface area contributed by atoms with Crippen LogP contribution in [0.1, 0.15) is 10.5 Å².